The Morgan fingerprint density at radius 3 is 2.67 bits per heavy atom. The first-order chi connectivity index (χ1) is 7.33. The molecule has 0 amide bonds. The third kappa shape index (κ3) is 5.27. The van der Waals surface area contributed by atoms with E-state index in [1.807, 2.05) is 52.9 Å². The zero-order valence-corrected chi connectivity index (χ0v) is 10.1. The van der Waals surface area contributed by atoms with Crippen molar-refractivity contribution in [1.29, 1.82) is 0 Å². The van der Waals surface area contributed by atoms with Crippen molar-refractivity contribution in [2.75, 3.05) is 6.61 Å². The van der Waals surface area contributed by atoms with Crippen LogP contribution in [0.25, 0.3) is 0 Å². The van der Waals surface area contributed by atoms with Crippen molar-refractivity contribution in [1.82, 2.24) is 0 Å². The van der Waals surface area contributed by atoms with E-state index in [4.69, 9.17) is 4.74 Å². The summed E-state index contributed by atoms with van der Waals surface area (Å²) < 4.78 is 12.1. The standard InChI is InChI=1S/C11H9IO3/c12-7-4-8-14-11(13)15-9-10-5-2-1-3-6-10/h1-3,5-6H,8-9H2. The highest BCUT2D eigenvalue weighted by Gasteiger charge is 2.02. The molecule has 3 nitrogen and oxygen atoms in total. The van der Waals surface area contributed by atoms with Gasteiger partial charge in [0.1, 0.15) is 6.61 Å². The van der Waals surface area contributed by atoms with Crippen LogP contribution in [0.1, 0.15) is 5.56 Å². The van der Waals surface area contributed by atoms with Gasteiger partial charge in [-0.2, -0.15) is 0 Å². The van der Waals surface area contributed by atoms with E-state index in [9.17, 15) is 4.79 Å². The van der Waals surface area contributed by atoms with Gasteiger partial charge in [0, 0.05) is 22.6 Å². The van der Waals surface area contributed by atoms with E-state index >= 15 is 0 Å². The van der Waals surface area contributed by atoms with E-state index in [1.54, 1.807) is 0 Å². The van der Waals surface area contributed by atoms with Gasteiger partial charge in [-0.15, -0.1) is 0 Å². The summed E-state index contributed by atoms with van der Waals surface area (Å²) in [6, 6.07) is 9.41. The van der Waals surface area contributed by atoms with Crippen molar-refractivity contribution in [3.05, 3.63) is 35.9 Å². The molecule has 0 fully saturated rings. The molecule has 0 bridgehead atoms. The summed E-state index contributed by atoms with van der Waals surface area (Å²) in [5.41, 5.74) is 0.925. The molecule has 0 unspecified atom stereocenters. The van der Waals surface area contributed by atoms with E-state index < -0.39 is 6.16 Å². The molecule has 1 aromatic rings. The second-order valence-electron chi connectivity index (χ2n) is 2.58. The third-order valence-electron chi connectivity index (χ3n) is 1.53. The smallest absolute Gasteiger partial charge is 0.429 e. The van der Waals surface area contributed by atoms with E-state index in [1.165, 1.54) is 0 Å². The lowest BCUT2D eigenvalue weighted by Gasteiger charge is -2.03. The summed E-state index contributed by atoms with van der Waals surface area (Å²) in [6.07, 6.45) is -0.696. The molecule has 0 N–H and O–H groups in total. The van der Waals surface area contributed by atoms with Crippen LogP contribution >= 0.6 is 22.6 Å². The lowest BCUT2D eigenvalue weighted by molar-refractivity contribution is 0.0589. The maximum absolute atomic E-state index is 11.0. The van der Waals surface area contributed by atoms with E-state index in [0.717, 1.165) is 5.56 Å². The number of halogens is 1. The quantitative estimate of drug-likeness (QED) is 0.489. The van der Waals surface area contributed by atoms with Gasteiger partial charge >= 0.3 is 6.16 Å². The molecule has 1 aromatic carbocycles. The van der Waals surface area contributed by atoms with E-state index in [2.05, 4.69) is 14.6 Å². The highest BCUT2D eigenvalue weighted by Crippen LogP contribution is 2.01. The van der Waals surface area contributed by atoms with Gasteiger partial charge in [0.15, 0.2) is 6.61 Å². The van der Waals surface area contributed by atoms with Gasteiger partial charge in [-0.1, -0.05) is 36.3 Å². The molecular formula is C11H9IO3. The maximum atomic E-state index is 11.0. The Balaban J connectivity index is 2.24. The molecule has 15 heavy (non-hydrogen) atoms. The molecule has 0 atom stereocenters. The van der Waals surface area contributed by atoms with Gasteiger partial charge in [-0.25, -0.2) is 4.79 Å². The van der Waals surface area contributed by atoms with E-state index in [0.29, 0.717) is 0 Å². The molecule has 1 rings (SSSR count). The summed E-state index contributed by atoms with van der Waals surface area (Å²) in [7, 11) is 0. The van der Waals surface area contributed by atoms with Crippen LogP contribution < -0.4 is 0 Å². The summed E-state index contributed by atoms with van der Waals surface area (Å²) >= 11 is 1.87. The number of carbonyl (C=O) groups is 1. The molecule has 0 aliphatic heterocycles. The summed E-state index contributed by atoms with van der Waals surface area (Å²) in [6.45, 7) is 0.286. The molecule has 0 aliphatic rings. The molecule has 0 spiro atoms. The predicted octanol–water partition coefficient (Wildman–Crippen LogP) is 2.74. The Morgan fingerprint density at radius 2 is 2.00 bits per heavy atom. The molecule has 0 saturated carbocycles. The van der Waals surface area contributed by atoms with Crippen LogP contribution in [-0.2, 0) is 16.1 Å². The van der Waals surface area contributed by atoms with Crippen LogP contribution in [0.3, 0.4) is 0 Å². The van der Waals surface area contributed by atoms with Crippen molar-refractivity contribution in [3.8, 4) is 9.85 Å². The van der Waals surface area contributed by atoms with Crippen LogP contribution in [-0.4, -0.2) is 12.8 Å². The van der Waals surface area contributed by atoms with E-state index in [-0.39, 0.29) is 13.2 Å². The second kappa shape index (κ2) is 7.12. The fourth-order valence-corrected chi connectivity index (χ4v) is 1.04. The summed E-state index contributed by atoms with van der Waals surface area (Å²) in [5, 5.41) is 0. The maximum Gasteiger partial charge on any atom is 0.509 e. The number of rotatable bonds is 3. The zero-order valence-electron chi connectivity index (χ0n) is 7.90. The minimum Gasteiger partial charge on any atom is -0.429 e. The van der Waals surface area contributed by atoms with Crippen molar-refractivity contribution in [2.24, 2.45) is 0 Å². The molecule has 4 heteroatoms. The fraction of sp³-hybridized carbons (Fsp3) is 0.182. The molecule has 0 aliphatic carbocycles. The molecular weight excluding hydrogens is 307 g/mol. The summed E-state index contributed by atoms with van der Waals surface area (Å²) in [5.74, 6) is 2.59. The fourth-order valence-electron chi connectivity index (χ4n) is 0.880. The van der Waals surface area contributed by atoms with Gasteiger partial charge in [-0.05, 0) is 9.49 Å². The topological polar surface area (TPSA) is 35.5 Å². The first-order valence-electron chi connectivity index (χ1n) is 4.25. The first-order valence-corrected chi connectivity index (χ1v) is 5.33. The van der Waals surface area contributed by atoms with Crippen molar-refractivity contribution < 1.29 is 14.3 Å². The molecule has 0 saturated heterocycles. The lowest BCUT2D eigenvalue weighted by atomic mass is 10.2. The monoisotopic (exact) mass is 316 g/mol. The number of ether oxygens (including phenoxy) is 2. The van der Waals surface area contributed by atoms with Crippen LogP contribution in [0.4, 0.5) is 4.79 Å². The van der Waals surface area contributed by atoms with Crippen LogP contribution in [0, 0.1) is 9.85 Å². The highest BCUT2D eigenvalue weighted by molar-refractivity contribution is 14.1. The Kier molecular flexibility index (Phi) is 5.63. The van der Waals surface area contributed by atoms with Crippen LogP contribution in [0.2, 0.25) is 0 Å². The number of benzene rings is 1. The minimum atomic E-state index is -0.696. The van der Waals surface area contributed by atoms with Gasteiger partial charge in [-0.3, -0.25) is 0 Å². The van der Waals surface area contributed by atoms with Gasteiger partial charge in [0.2, 0.25) is 0 Å². The Morgan fingerprint density at radius 1 is 1.27 bits per heavy atom. The number of hydrogen-bond donors (Lipinski definition) is 0. The predicted molar refractivity (Wildman–Crippen MR) is 64.4 cm³/mol. The molecule has 0 heterocycles. The number of hydrogen-bond acceptors (Lipinski definition) is 3. The highest BCUT2D eigenvalue weighted by atomic mass is 127. The molecule has 78 valence electrons. The Bertz CT molecular complexity index is 364. The zero-order chi connectivity index (χ0) is 10.9. The average Bonchev–Trinajstić information content (AvgIpc) is 2.28. The van der Waals surface area contributed by atoms with Gasteiger partial charge in [0.05, 0.1) is 0 Å². The Labute approximate surface area is 102 Å². The number of carbonyl (C=O) groups excluding carboxylic acids is 1. The second-order valence-corrected chi connectivity index (χ2v) is 3.12. The van der Waals surface area contributed by atoms with Crippen molar-refractivity contribution >= 4 is 28.7 Å². The lowest BCUT2D eigenvalue weighted by Crippen LogP contribution is -2.07. The molecule has 0 aromatic heterocycles. The average molecular weight is 316 g/mol. The van der Waals surface area contributed by atoms with Crippen molar-refractivity contribution in [2.45, 2.75) is 6.61 Å². The minimum absolute atomic E-state index is 0.0660. The molecule has 0 radical (unpaired) electrons. The third-order valence-corrected chi connectivity index (χ3v) is 1.91. The summed E-state index contributed by atoms with van der Waals surface area (Å²) in [4.78, 5) is 11.0. The Hall–Kier alpha value is -1.22. The van der Waals surface area contributed by atoms with Gasteiger partial charge < -0.3 is 9.47 Å². The van der Waals surface area contributed by atoms with Crippen LogP contribution in [0.15, 0.2) is 30.3 Å². The largest absolute Gasteiger partial charge is 0.509 e. The van der Waals surface area contributed by atoms with Crippen LogP contribution in [0.5, 0.6) is 0 Å². The first kappa shape index (κ1) is 11.9. The van der Waals surface area contributed by atoms with Crippen molar-refractivity contribution in [3.63, 3.8) is 0 Å². The normalized spacial score (nSPS) is 8.60. The SMILES string of the molecule is O=C(OCC#CI)OCc1ccccc1. The van der Waals surface area contributed by atoms with Gasteiger partial charge in [0.25, 0.3) is 0 Å².